The summed E-state index contributed by atoms with van der Waals surface area (Å²) in [6.45, 7) is 0.575. The Morgan fingerprint density at radius 2 is 1.83 bits per heavy atom. The number of amides is 1. The first-order valence-corrected chi connectivity index (χ1v) is 6.69. The van der Waals surface area contributed by atoms with Crippen molar-refractivity contribution in [2.45, 2.75) is 38.5 Å². The molecule has 2 aliphatic rings. The molecule has 0 saturated heterocycles. The maximum Gasteiger partial charge on any atom is 0.307 e. The lowest BCUT2D eigenvalue weighted by atomic mass is 9.74. The molecule has 5 heteroatoms. The van der Waals surface area contributed by atoms with Crippen LogP contribution < -0.4 is 5.32 Å². The van der Waals surface area contributed by atoms with Crippen LogP contribution in [0.2, 0.25) is 0 Å². The molecule has 0 spiro atoms. The number of hydrogen-bond donors (Lipinski definition) is 3. The Morgan fingerprint density at radius 3 is 2.33 bits per heavy atom. The van der Waals surface area contributed by atoms with Gasteiger partial charge in [-0.05, 0) is 19.3 Å². The highest BCUT2D eigenvalue weighted by atomic mass is 16.4. The van der Waals surface area contributed by atoms with Gasteiger partial charge >= 0.3 is 5.97 Å². The van der Waals surface area contributed by atoms with E-state index in [4.69, 9.17) is 5.11 Å². The lowest BCUT2D eigenvalue weighted by Crippen LogP contribution is -2.42. The maximum absolute atomic E-state index is 11.8. The van der Waals surface area contributed by atoms with Crippen LogP contribution >= 0.6 is 0 Å². The summed E-state index contributed by atoms with van der Waals surface area (Å²) in [6.07, 6.45) is 5.72. The molecule has 1 amide bonds. The van der Waals surface area contributed by atoms with Gasteiger partial charge in [0.25, 0.3) is 0 Å². The van der Waals surface area contributed by atoms with Crippen molar-refractivity contribution in [1.82, 2.24) is 5.32 Å². The quantitative estimate of drug-likeness (QED) is 0.677. The molecular weight excluding hydrogens is 234 g/mol. The number of hydrogen-bond acceptors (Lipinski definition) is 3. The molecule has 3 N–H and O–H groups in total. The fourth-order valence-corrected chi connectivity index (χ4v) is 2.86. The van der Waals surface area contributed by atoms with E-state index in [1.807, 2.05) is 0 Å². The Hall–Kier alpha value is -1.10. The predicted molar refractivity (Wildman–Crippen MR) is 64.8 cm³/mol. The molecule has 0 aromatic carbocycles. The van der Waals surface area contributed by atoms with Crippen molar-refractivity contribution < 1.29 is 19.8 Å². The van der Waals surface area contributed by atoms with Crippen LogP contribution in [-0.2, 0) is 9.59 Å². The second-order valence-corrected chi connectivity index (χ2v) is 5.72. The van der Waals surface area contributed by atoms with Gasteiger partial charge in [-0.25, -0.2) is 0 Å². The normalized spacial score (nSPS) is 29.6. The van der Waals surface area contributed by atoms with Gasteiger partial charge < -0.3 is 15.5 Å². The fourth-order valence-electron chi connectivity index (χ4n) is 2.86. The molecule has 5 nitrogen and oxygen atoms in total. The molecule has 0 aromatic rings. The Kier molecular flexibility index (Phi) is 3.90. The van der Waals surface area contributed by atoms with Crippen molar-refractivity contribution in [3.05, 3.63) is 0 Å². The number of carboxylic acids is 1. The molecule has 2 rings (SSSR count). The van der Waals surface area contributed by atoms with Crippen LogP contribution in [0.1, 0.15) is 38.5 Å². The average Bonchev–Trinajstić information content (AvgIpc) is 3.17. The van der Waals surface area contributed by atoms with Crippen molar-refractivity contribution in [2.75, 3.05) is 13.2 Å². The van der Waals surface area contributed by atoms with E-state index in [0.29, 0.717) is 13.0 Å². The largest absolute Gasteiger partial charge is 0.481 e. The number of aliphatic carboxylic acids is 1. The van der Waals surface area contributed by atoms with E-state index < -0.39 is 11.9 Å². The number of carbonyl (C=O) groups excluding carboxylic acids is 1. The van der Waals surface area contributed by atoms with Gasteiger partial charge in [0.15, 0.2) is 0 Å². The van der Waals surface area contributed by atoms with Crippen LogP contribution in [0.25, 0.3) is 0 Å². The van der Waals surface area contributed by atoms with Crippen LogP contribution in [0.4, 0.5) is 0 Å². The summed E-state index contributed by atoms with van der Waals surface area (Å²) in [4.78, 5) is 22.4. The molecule has 0 unspecified atom stereocenters. The van der Waals surface area contributed by atoms with Crippen LogP contribution in [0.5, 0.6) is 0 Å². The van der Waals surface area contributed by atoms with E-state index in [9.17, 15) is 14.7 Å². The predicted octanol–water partition coefficient (Wildman–Crippen LogP) is 0.766. The summed E-state index contributed by atoms with van der Waals surface area (Å²) in [5.41, 5.74) is -0.179. The zero-order chi connectivity index (χ0) is 13.2. The second-order valence-electron chi connectivity index (χ2n) is 5.72. The third-order valence-electron chi connectivity index (χ3n) is 4.33. The fraction of sp³-hybridized carbons (Fsp3) is 0.846. The Bertz CT molecular complexity index is 336. The van der Waals surface area contributed by atoms with Crippen molar-refractivity contribution in [3.8, 4) is 0 Å². The lowest BCUT2D eigenvalue weighted by Gasteiger charge is -2.35. The number of carbonyl (C=O) groups is 2. The zero-order valence-corrected chi connectivity index (χ0v) is 10.5. The highest BCUT2D eigenvalue weighted by Crippen LogP contribution is 2.39. The Labute approximate surface area is 107 Å². The smallest absolute Gasteiger partial charge is 0.307 e. The summed E-state index contributed by atoms with van der Waals surface area (Å²) >= 11 is 0. The topological polar surface area (TPSA) is 86.6 Å². The van der Waals surface area contributed by atoms with Crippen LogP contribution in [0.15, 0.2) is 0 Å². The van der Waals surface area contributed by atoms with E-state index in [0.717, 1.165) is 25.7 Å². The van der Waals surface area contributed by atoms with Gasteiger partial charge in [-0.3, -0.25) is 9.59 Å². The number of aliphatic hydroxyl groups excluding tert-OH is 1. The number of rotatable bonds is 5. The Morgan fingerprint density at radius 1 is 1.17 bits per heavy atom. The van der Waals surface area contributed by atoms with Gasteiger partial charge in [0.05, 0.1) is 18.4 Å². The molecule has 0 aliphatic heterocycles. The first-order chi connectivity index (χ1) is 8.58. The summed E-state index contributed by atoms with van der Waals surface area (Å²) in [7, 11) is 0. The first-order valence-electron chi connectivity index (χ1n) is 6.69. The highest BCUT2D eigenvalue weighted by molar-refractivity contribution is 5.89. The maximum atomic E-state index is 11.8. The number of aliphatic hydroxyl groups is 1. The van der Waals surface area contributed by atoms with Crippen molar-refractivity contribution >= 4 is 11.9 Å². The molecule has 18 heavy (non-hydrogen) atoms. The minimum absolute atomic E-state index is 0.0975. The molecule has 2 saturated carbocycles. The van der Waals surface area contributed by atoms with Crippen molar-refractivity contribution in [2.24, 2.45) is 17.3 Å². The molecule has 0 radical (unpaired) electrons. The van der Waals surface area contributed by atoms with E-state index >= 15 is 0 Å². The molecule has 102 valence electrons. The summed E-state index contributed by atoms with van der Waals surface area (Å²) in [5, 5.41) is 21.1. The van der Waals surface area contributed by atoms with Gasteiger partial charge in [-0.2, -0.15) is 0 Å². The van der Waals surface area contributed by atoms with E-state index in [1.165, 1.54) is 6.42 Å². The SMILES string of the molecule is O=C(O)[C@H]1C[C@H]1C(=O)NCC1(CO)CCCCC1. The third kappa shape index (κ3) is 2.83. The second kappa shape index (κ2) is 5.26. The minimum atomic E-state index is -0.885. The van der Waals surface area contributed by atoms with Gasteiger partial charge in [0, 0.05) is 12.0 Å². The monoisotopic (exact) mass is 255 g/mol. The summed E-state index contributed by atoms with van der Waals surface area (Å²) < 4.78 is 0. The van der Waals surface area contributed by atoms with Crippen LogP contribution in [-0.4, -0.2) is 35.2 Å². The van der Waals surface area contributed by atoms with Gasteiger partial charge in [-0.1, -0.05) is 19.3 Å². The average molecular weight is 255 g/mol. The number of nitrogens with one attached hydrogen (secondary N) is 1. The molecule has 0 aromatic heterocycles. The standard InChI is InChI=1S/C13H21NO4/c15-8-13(4-2-1-3-5-13)7-14-11(16)9-6-10(9)12(17)18/h9-10,15H,1-8H2,(H,14,16)(H,17,18)/t9-,10+/m1/s1. The van der Waals surface area contributed by atoms with Crippen LogP contribution in [0.3, 0.4) is 0 Å². The summed E-state index contributed by atoms with van der Waals surface area (Å²) in [6, 6.07) is 0. The van der Waals surface area contributed by atoms with E-state index in [1.54, 1.807) is 0 Å². The van der Waals surface area contributed by atoms with Gasteiger partial charge in [0.2, 0.25) is 5.91 Å². The zero-order valence-electron chi connectivity index (χ0n) is 10.5. The van der Waals surface area contributed by atoms with Gasteiger partial charge in [0.1, 0.15) is 0 Å². The highest BCUT2D eigenvalue weighted by Gasteiger charge is 2.48. The van der Waals surface area contributed by atoms with Gasteiger partial charge in [-0.15, -0.1) is 0 Å². The minimum Gasteiger partial charge on any atom is -0.481 e. The van der Waals surface area contributed by atoms with Crippen molar-refractivity contribution in [1.29, 1.82) is 0 Å². The molecular formula is C13H21NO4. The molecule has 2 atom stereocenters. The summed E-state index contributed by atoms with van der Waals surface area (Å²) in [5.74, 6) is -1.91. The third-order valence-corrected chi connectivity index (χ3v) is 4.33. The number of carboxylic acid groups (broad SMARTS) is 1. The van der Waals surface area contributed by atoms with Crippen molar-refractivity contribution in [3.63, 3.8) is 0 Å². The van der Waals surface area contributed by atoms with E-state index in [2.05, 4.69) is 5.32 Å². The first kappa shape index (κ1) is 13.3. The Balaban J connectivity index is 1.80. The van der Waals surface area contributed by atoms with E-state index in [-0.39, 0.29) is 23.8 Å². The molecule has 0 heterocycles. The molecule has 2 fully saturated rings. The lowest BCUT2D eigenvalue weighted by molar-refractivity contribution is -0.140. The molecule has 0 bridgehead atoms. The molecule has 2 aliphatic carbocycles. The van der Waals surface area contributed by atoms with Crippen LogP contribution in [0, 0.1) is 17.3 Å².